The highest BCUT2D eigenvalue weighted by Crippen LogP contribution is 2.39. The van der Waals surface area contributed by atoms with Gasteiger partial charge in [-0.3, -0.25) is 0 Å². The predicted octanol–water partition coefficient (Wildman–Crippen LogP) is 2.57. The molecule has 0 spiro atoms. The molecule has 104 valence electrons. The average molecular weight is 260 g/mol. The Balaban J connectivity index is 2.25. The van der Waals surface area contributed by atoms with Crippen LogP contribution in [0.1, 0.15) is 37.9 Å². The summed E-state index contributed by atoms with van der Waals surface area (Å²) in [5.74, 6) is 1.01. The fourth-order valence-electron chi connectivity index (χ4n) is 2.53. The quantitative estimate of drug-likeness (QED) is 0.800. The zero-order valence-corrected chi connectivity index (χ0v) is 12.1. The third kappa shape index (κ3) is 3.17. The molecular formula is C16H24N2O. The van der Waals surface area contributed by atoms with Crippen molar-refractivity contribution in [2.75, 3.05) is 13.1 Å². The number of hydrogen-bond donors (Lipinski definition) is 2. The number of nitrogens with two attached hydrogens (primary N) is 1. The molecule has 0 saturated carbocycles. The summed E-state index contributed by atoms with van der Waals surface area (Å²) in [4.78, 5) is 0. The molecular weight excluding hydrogens is 236 g/mol. The maximum atomic E-state index is 6.10. The van der Waals surface area contributed by atoms with E-state index in [0.717, 1.165) is 29.9 Å². The first kappa shape index (κ1) is 14.1. The lowest BCUT2D eigenvalue weighted by Crippen LogP contribution is -2.30. The van der Waals surface area contributed by atoms with E-state index in [1.807, 2.05) is 6.92 Å². The smallest absolute Gasteiger partial charge is 0.128 e. The molecule has 2 rings (SSSR count). The Hall–Kier alpha value is -1.32. The van der Waals surface area contributed by atoms with Gasteiger partial charge in [-0.1, -0.05) is 30.4 Å². The van der Waals surface area contributed by atoms with E-state index in [-0.39, 0.29) is 11.6 Å². The first-order valence-corrected chi connectivity index (χ1v) is 6.81. The van der Waals surface area contributed by atoms with E-state index in [2.05, 4.69) is 43.9 Å². The number of benzene rings is 1. The summed E-state index contributed by atoms with van der Waals surface area (Å²) < 4.78 is 6.10. The highest BCUT2D eigenvalue weighted by molar-refractivity contribution is 5.47. The van der Waals surface area contributed by atoms with Crippen molar-refractivity contribution in [1.82, 2.24) is 5.32 Å². The van der Waals surface area contributed by atoms with E-state index in [4.69, 9.17) is 10.5 Å². The van der Waals surface area contributed by atoms with Crippen LogP contribution in [0, 0.1) is 0 Å². The fraction of sp³-hybridized carbons (Fsp3) is 0.500. The van der Waals surface area contributed by atoms with Crippen molar-refractivity contribution in [2.24, 2.45) is 5.73 Å². The van der Waals surface area contributed by atoms with Gasteiger partial charge in [0.1, 0.15) is 11.4 Å². The van der Waals surface area contributed by atoms with Crippen molar-refractivity contribution in [1.29, 1.82) is 0 Å². The maximum Gasteiger partial charge on any atom is 0.128 e. The summed E-state index contributed by atoms with van der Waals surface area (Å²) in [6, 6.07) is 6.44. The minimum Gasteiger partial charge on any atom is -0.487 e. The van der Waals surface area contributed by atoms with Crippen molar-refractivity contribution in [2.45, 2.75) is 38.8 Å². The van der Waals surface area contributed by atoms with E-state index >= 15 is 0 Å². The predicted molar refractivity (Wildman–Crippen MR) is 79.5 cm³/mol. The Kier molecular flexibility index (Phi) is 3.97. The molecule has 3 N–H and O–H groups in total. The van der Waals surface area contributed by atoms with Crippen LogP contribution >= 0.6 is 0 Å². The minimum atomic E-state index is -0.119. The molecule has 1 aromatic rings. The van der Waals surface area contributed by atoms with Gasteiger partial charge in [0.05, 0.1) is 0 Å². The van der Waals surface area contributed by atoms with Gasteiger partial charge in [-0.25, -0.2) is 0 Å². The molecule has 0 aromatic heterocycles. The summed E-state index contributed by atoms with van der Waals surface area (Å²) in [6.45, 7) is 11.5. The minimum absolute atomic E-state index is 0.112. The molecule has 0 amide bonds. The SMILES string of the molecule is C=C(C)CNC(CN)c1cccc2c1OC(C)(C)C2. The van der Waals surface area contributed by atoms with Crippen LogP contribution in [-0.2, 0) is 6.42 Å². The first-order valence-electron chi connectivity index (χ1n) is 6.81. The Bertz CT molecular complexity index is 480. The van der Waals surface area contributed by atoms with Crippen LogP contribution < -0.4 is 15.8 Å². The summed E-state index contributed by atoms with van der Waals surface area (Å²) in [5.41, 5.74) is 9.32. The number of nitrogens with one attached hydrogen (secondary N) is 1. The Morgan fingerprint density at radius 3 is 2.89 bits per heavy atom. The Morgan fingerprint density at radius 2 is 2.26 bits per heavy atom. The molecule has 1 aliphatic heterocycles. The van der Waals surface area contributed by atoms with Gasteiger partial charge in [-0.2, -0.15) is 0 Å². The van der Waals surface area contributed by atoms with Crippen molar-refractivity contribution < 1.29 is 4.74 Å². The number of ether oxygens (including phenoxy) is 1. The molecule has 0 fully saturated rings. The van der Waals surface area contributed by atoms with Crippen LogP contribution in [0.2, 0.25) is 0 Å². The maximum absolute atomic E-state index is 6.10. The molecule has 3 heteroatoms. The van der Waals surface area contributed by atoms with E-state index in [1.54, 1.807) is 0 Å². The molecule has 1 unspecified atom stereocenters. The van der Waals surface area contributed by atoms with Gasteiger partial charge in [0.25, 0.3) is 0 Å². The zero-order valence-electron chi connectivity index (χ0n) is 12.1. The lowest BCUT2D eigenvalue weighted by atomic mass is 9.98. The lowest BCUT2D eigenvalue weighted by Gasteiger charge is -2.22. The highest BCUT2D eigenvalue weighted by atomic mass is 16.5. The van der Waals surface area contributed by atoms with Crippen LogP contribution in [0.3, 0.4) is 0 Å². The van der Waals surface area contributed by atoms with Gasteiger partial charge in [0.15, 0.2) is 0 Å². The molecule has 1 aromatic carbocycles. The number of fused-ring (bicyclic) bond motifs is 1. The van der Waals surface area contributed by atoms with Crippen LogP contribution in [0.15, 0.2) is 30.4 Å². The number of rotatable bonds is 5. The van der Waals surface area contributed by atoms with Gasteiger partial charge < -0.3 is 15.8 Å². The Morgan fingerprint density at radius 1 is 1.53 bits per heavy atom. The van der Waals surface area contributed by atoms with E-state index < -0.39 is 0 Å². The Labute approximate surface area is 115 Å². The van der Waals surface area contributed by atoms with Gasteiger partial charge in [0.2, 0.25) is 0 Å². The standard InChI is InChI=1S/C16H24N2O/c1-11(2)10-18-14(9-17)13-7-5-6-12-8-16(3,4)19-15(12)13/h5-7,14,18H,1,8-10,17H2,2-4H3. The second-order valence-corrected chi connectivity index (χ2v) is 6.00. The molecule has 1 heterocycles. The second-order valence-electron chi connectivity index (χ2n) is 6.00. The second kappa shape index (κ2) is 5.35. The summed E-state index contributed by atoms with van der Waals surface area (Å²) in [6.07, 6.45) is 0.952. The van der Waals surface area contributed by atoms with E-state index in [0.29, 0.717) is 6.54 Å². The van der Waals surface area contributed by atoms with E-state index in [9.17, 15) is 0 Å². The number of para-hydroxylation sites is 1. The molecule has 0 saturated heterocycles. The van der Waals surface area contributed by atoms with Crippen LogP contribution in [0.25, 0.3) is 0 Å². The van der Waals surface area contributed by atoms with E-state index in [1.165, 1.54) is 5.56 Å². The first-order chi connectivity index (χ1) is 8.93. The third-order valence-corrected chi connectivity index (χ3v) is 3.38. The van der Waals surface area contributed by atoms with Crippen molar-refractivity contribution in [3.8, 4) is 5.75 Å². The van der Waals surface area contributed by atoms with Crippen LogP contribution in [0.4, 0.5) is 0 Å². The molecule has 3 nitrogen and oxygen atoms in total. The number of hydrogen-bond acceptors (Lipinski definition) is 3. The molecule has 1 atom stereocenters. The average Bonchev–Trinajstić information content (AvgIpc) is 2.64. The monoisotopic (exact) mass is 260 g/mol. The zero-order chi connectivity index (χ0) is 14.0. The molecule has 0 bridgehead atoms. The van der Waals surface area contributed by atoms with Crippen LogP contribution in [0.5, 0.6) is 5.75 Å². The van der Waals surface area contributed by atoms with Gasteiger partial charge >= 0.3 is 0 Å². The van der Waals surface area contributed by atoms with Gasteiger partial charge in [0, 0.05) is 31.1 Å². The van der Waals surface area contributed by atoms with Crippen molar-refractivity contribution >= 4 is 0 Å². The molecule has 1 aliphatic rings. The molecule has 19 heavy (non-hydrogen) atoms. The topological polar surface area (TPSA) is 47.3 Å². The summed E-state index contributed by atoms with van der Waals surface area (Å²) in [7, 11) is 0. The summed E-state index contributed by atoms with van der Waals surface area (Å²) in [5, 5.41) is 3.44. The lowest BCUT2D eigenvalue weighted by molar-refractivity contribution is 0.136. The van der Waals surface area contributed by atoms with Gasteiger partial charge in [-0.05, 0) is 26.3 Å². The molecule has 0 radical (unpaired) electrons. The summed E-state index contributed by atoms with van der Waals surface area (Å²) >= 11 is 0. The fourth-order valence-corrected chi connectivity index (χ4v) is 2.53. The third-order valence-electron chi connectivity index (χ3n) is 3.38. The van der Waals surface area contributed by atoms with Crippen molar-refractivity contribution in [3.63, 3.8) is 0 Å². The van der Waals surface area contributed by atoms with Gasteiger partial charge in [-0.15, -0.1) is 0 Å². The van der Waals surface area contributed by atoms with Crippen molar-refractivity contribution in [3.05, 3.63) is 41.5 Å². The highest BCUT2D eigenvalue weighted by Gasteiger charge is 2.32. The largest absolute Gasteiger partial charge is 0.487 e. The van der Waals surface area contributed by atoms with Crippen LogP contribution in [-0.4, -0.2) is 18.7 Å². The normalized spacial score (nSPS) is 17.7. The molecule has 0 aliphatic carbocycles.